The molecule has 7 heteroatoms. The molecule has 31 heavy (non-hydrogen) atoms. The third-order valence-corrected chi connectivity index (χ3v) is 6.91. The highest BCUT2D eigenvalue weighted by Gasteiger charge is 2.29. The van der Waals surface area contributed by atoms with Crippen LogP contribution in [0.5, 0.6) is 0 Å². The molecule has 3 atom stereocenters. The third kappa shape index (κ3) is 5.52. The molecular weight excluding hydrogens is 390 g/mol. The zero-order valence-corrected chi connectivity index (χ0v) is 19.0. The second kappa shape index (κ2) is 9.92. The normalized spacial score (nSPS) is 24.1. The van der Waals surface area contributed by atoms with Crippen LogP contribution in [0.4, 0.5) is 0 Å². The largest absolute Gasteiger partial charge is 0.352 e. The third-order valence-electron chi connectivity index (χ3n) is 6.91. The number of carbonyl (C=O) groups is 1. The minimum absolute atomic E-state index is 0.0900. The summed E-state index contributed by atoms with van der Waals surface area (Å²) < 4.78 is 5.48. The van der Waals surface area contributed by atoms with Gasteiger partial charge in [-0.1, -0.05) is 54.8 Å². The number of piperazine rings is 1. The summed E-state index contributed by atoms with van der Waals surface area (Å²) in [5.41, 5.74) is 2.18. The summed E-state index contributed by atoms with van der Waals surface area (Å²) in [5.74, 6) is 2.03. The predicted octanol–water partition coefficient (Wildman–Crippen LogP) is 3.25. The van der Waals surface area contributed by atoms with Gasteiger partial charge in [-0.25, -0.2) is 0 Å². The van der Waals surface area contributed by atoms with Crippen molar-refractivity contribution in [3.63, 3.8) is 0 Å². The highest BCUT2D eigenvalue weighted by molar-refractivity contribution is 5.81. The number of carbonyl (C=O) groups excluding carboxylic acids is 1. The van der Waals surface area contributed by atoms with E-state index in [0.29, 0.717) is 30.2 Å². The first kappa shape index (κ1) is 22.0. The summed E-state index contributed by atoms with van der Waals surface area (Å²) in [6.45, 7) is 10.5. The molecule has 0 radical (unpaired) electrons. The fraction of sp³-hybridized carbons (Fsp3) is 0.625. The molecule has 3 unspecified atom stereocenters. The lowest BCUT2D eigenvalue weighted by atomic mass is 9.86. The highest BCUT2D eigenvalue weighted by atomic mass is 16.5. The van der Waals surface area contributed by atoms with Crippen LogP contribution >= 0.6 is 0 Å². The Hall–Kier alpha value is -2.25. The number of benzene rings is 1. The van der Waals surface area contributed by atoms with E-state index in [2.05, 4.69) is 51.2 Å². The zero-order valence-electron chi connectivity index (χ0n) is 19.0. The number of hydrogen-bond donors (Lipinski definition) is 1. The van der Waals surface area contributed by atoms with Gasteiger partial charge in [0.05, 0.1) is 12.6 Å². The van der Waals surface area contributed by atoms with Gasteiger partial charge in [-0.05, 0) is 32.6 Å². The van der Waals surface area contributed by atoms with Gasteiger partial charge in [0.25, 0.3) is 0 Å². The van der Waals surface area contributed by atoms with Crippen molar-refractivity contribution in [2.24, 2.45) is 5.92 Å². The summed E-state index contributed by atoms with van der Waals surface area (Å²) >= 11 is 0. The molecule has 1 aromatic carbocycles. The van der Waals surface area contributed by atoms with Crippen LogP contribution in [0.3, 0.4) is 0 Å². The maximum absolute atomic E-state index is 12.8. The molecule has 1 aromatic heterocycles. The van der Waals surface area contributed by atoms with Gasteiger partial charge in [-0.15, -0.1) is 0 Å². The molecule has 0 spiro atoms. The molecule has 1 saturated heterocycles. The Bertz CT molecular complexity index is 857. The van der Waals surface area contributed by atoms with E-state index in [0.717, 1.165) is 38.2 Å². The van der Waals surface area contributed by atoms with Gasteiger partial charge in [-0.2, -0.15) is 4.98 Å². The molecule has 0 bridgehead atoms. The van der Waals surface area contributed by atoms with Gasteiger partial charge in [0.1, 0.15) is 0 Å². The molecule has 1 amide bonds. The predicted molar refractivity (Wildman–Crippen MR) is 120 cm³/mol. The Morgan fingerprint density at radius 3 is 2.58 bits per heavy atom. The molecule has 7 nitrogen and oxygen atoms in total. The average Bonchev–Trinajstić information content (AvgIpc) is 3.24. The molecule has 2 aliphatic rings. The van der Waals surface area contributed by atoms with Crippen molar-refractivity contribution in [3.05, 3.63) is 35.7 Å². The van der Waals surface area contributed by atoms with E-state index in [9.17, 15) is 4.79 Å². The number of rotatable bonds is 6. The van der Waals surface area contributed by atoms with Crippen LogP contribution in [0, 0.1) is 12.8 Å². The molecule has 2 heterocycles. The number of nitrogens with zero attached hydrogens (tertiary/aromatic N) is 4. The lowest BCUT2D eigenvalue weighted by molar-refractivity contribution is -0.128. The van der Waals surface area contributed by atoms with Crippen molar-refractivity contribution in [2.45, 2.75) is 65.1 Å². The maximum atomic E-state index is 12.8. The van der Waals surface area contributed by atoms with Crippen molar-refractivity contribution < 1.29 is 9.32 Å². The molecule has 1 aliphatic heterocycles. The van der Waals surface area contributed by atoms with Crippen LogP contribution in [0.25, 0.3) is 11.4 Å². The first-order valence-electron chi connectivity index (χ1n) is 11.7. The summed E-state index contributed by atoms with van der Waals surface area (Å²) in [6.07, 6.45) is 4.85. The van der Waals surface area contributed by atoms with Crippen molar-refractivity contribution in [1.29, 1.82) is 0 Å². The average molecular weight is 426 g/mol. The van der Waals surface area contributed by atoms with Gasteiger partial charge in [-0.3, -0.25) is 14.6 Å². The topological polar surface area (TPSA) is 74.5 Å². The Morgan fingerprint density at radius 1 is 1.16 bits per heavy atom. The first-order valence-corrected chi connectivity index (χ1v) is 11.7. The van der Waals surface area contributed by atoms with E-state index in [4.69, 9.17) is 4.52 Å². The first-order chi connectivity index (χ1) is 15.0. The number of amides is 1. The van der Waals surface area contributed by atoms with Gasteiger partial charge in [0.2, 0.25) is 17.6 Å². The number of aryl methyl sites for hydroxylation is 1. The van der Waals surface area contributed by atoms with Crippen molar-refractivity contribution in [2.75, 3.05) is 26.2 Å². The summed E-state index contributed by atoms with van der Waals surface area (Å²) in [6, 6.07) is 8.39. The molecule has 2 fully saturated rings. The Labute approximate surface area is 185 Å². The van der Waals surface area contributed by atoms with Crippen LogP contribution < -0.4 is 5.32 Å². The van der Waals surface area contributed by atoms with Crippen molar-refractivity contribution >= 4 is 5.91 Å². The van der Waals surface area contributed by atoms with E-state index < -0.39 is 0 Å². The van der Waals surface area contributed by atoms with Gasteiger partial charge < -0.3 is 9.84 Å². The van der Waals surface area contributed by atoms with Crippen LogP contribution in [0.15, 0.2) is 28.8 Å². The molecule has 168 valence electrons. The molecule has 1 saturated carbocycles. The maximum Gasteiger partial charge on any atom is 0.241 e. The summed E-state index contributed by atoms with van der Waals surface area (Å²) in [7, 11) is 0. The monoisotopic (exact) mass is 425 g/mol. The minimum Gasteiger partial charge on any atom is -0.352 e. The lowest BCUT2D eigenvalue weighted by Crippen LogP contribution is -2.55. The molecule has 1 N–H and O–H groups in total. The Balaban J connectivity index is 1.25. The second-order valence-electron chi connectivity index (χ2n) is 9.24. The minimum atomic E-state index is -0.0900. The van der Waals surface area contributed by atoms with E-state index in [1.165, 1.54) is 24.8 Å². The van der Waals surface area contributed by atoms with Crippen molar-refractivity contribution in [3.8, 4) is 11.4 Å². The molecule has 2 aromatic rings. The Kier molecular flexibility index (Phi) is 7.02. The Morgan fingerprint density at radius 2 is 1.87 bits per heavy atom. The number of aromatic nitrogens is 2. The fourth-order valence-corrected chi connectivity index (χ4v) is 4.64. The van der Waals surface area contributed by atoms with Gasteiger partial charge in [0, 0.05) is 37.8 Å². The SMILES string of the molecule is Cc1ccc(-c2noc(CN3CCN(C(C)C(=O)NC4CCCCC4C)CC3)n2)cc1. The summed E-state index contributed by atoms with van der Waals surface area (Å²) in [4.78, 5) is 21.9. The lowest BCUT2D eigenvalue weighted by Gasteiger charge is -2.38. The fourth-order valence-electron chi connectivity index (χ4n) is 4.64. The van der Waals surface area contributed by atoms with Gasteiger partial charge >= 0.3 is 0 Å². The molecular formula is C24H35N5O2. The molecule has 4 rings (SSSR count). The second-order valence-corrected chi connectivity index (χ2v) is 9.24. The van der Waals surface area contributed by atoms with Crippen LogP contribution in [-0.2, 0) is 11.3 Å². The number of nitrogens with one attached hydrogen (secondary N) is 1. The smallest absolute Gasteiger partial charge is 0.241 e. The van der Waals surface area contributed by atoms with Crippen LogP contribution in [0.1, 0.15) is 51.0 Å². The van der Waals surface area contributed by atoms with Crippen molar-refractivity contribution in [1.82, 2.24) is 25.3 Å². The zero-order chi connectivity index (χ0) is 21.8. The van der Waals surface area contributed by atoms with E-state index in [1.807, 2.05) is 19.1 Å². The molecule has 1 aliphatic carbocycles. The van der Waals surface area contributed by atoms with E-state index in [-0.39, 0.29) is 11.9 Å². The standard InChI is InChI=1S/C24H35N5O2/c1-17-8-10-20(11-9-17)23-26-22(31-27-23)16-28-12-14-29(15-13-28)19(3)24(30)25-21-7-5-4-6-18(21)2/h8-11,18-19,21H,4-7,12-16H2,1-3H3,(H,25,30). The van der Waals surface area contributed by atoms with E-state index in [1.54, 1.807) is 0 Å². The number of hydrogen-bond acceptors (Lipinski definition) is 6. The van der Waals surface area contributed by atoms with Crippen LogP contribution in [0.2, 0.25) is 0 Å². The highest BCUT2D eigenvalue weighted by Crippen LogP contribution is 2.24. The summed E-state index contributed by atoms with van der Waals surface area (Å²) in [5, 5.41) is 7.44. The quantitative estimate of drug-likeness (QED) is 0.766. The van der Waals surface area contributed by atoms with Gasteiger partial charge in [0.15, 0.2) is 0 Å². The van der Waals surface area contributed by atoms with E-state index >= 15 is 0 Å². The van der Waals surface area contributed by atoms with Crippen LogP contribution in [-0.4, -0.2) is 64.1 Å².